The van der Waals surface area contributed by atoms with Crippen LogP contribution >= 0.6 is 0 Å². The van der Waals surface area contributed by atoms with Gasteiger partial charge in [0.2, 0.25) is 5.88 Å². The van der Waals surface area contributed by atoms with Crippen LogP contribution in [0.2, 0.25) is 0 Å². The molecule has 2 fully saturated rings. The molecule has 3 aromatic rings. The summed E-state index contributed by atoms with van der Waals surface area (Å²) in [7, 11) is 1.64. The Labute approximate surface area is 188 Å². The lowest BCUT2D eigenvalue weighted by molar-refractivity contribution is -0.142. The van der Waals surface area contributed by atoms with Gasteiger partial charge in [-0.25, -0.2) is 4.98 Å². The lowest BCUT2D eigenvalue weighted by Crippen LogP contribution is -2.45. The Kier molecular flexibility index (Phi) is 5.95. The van der Waals surface area contributed by atoms with Gasteiger partial charge >= 0.3 is 0 Å². The van der Waals surface area contributed by atoms with Gasteiger partial charge in [-0.3, -0.25) is 4.79 Å². The second-order valence-corrected chi connectivity index (χ2v) is 8.42. The van der Waals surface area contributed by atoms with Crippen LogP contribution in [0, 0.1) is 0 Å². The van der Waals surface area contributed by atoms with Crippen LogP contribution in [0.4, 0.5) is 0 Å². The number of likely N-dealkylation sites (tertiary alicyclic amines) is 1. The molecule has 32 heavy (non-hydrogen) atoms. The van der Waals surface area contributed by atoms with Crippen LogP contribution in [0.1, 0.15) is 25.7 Å². The van der Waals surface area contributed by atoms with Crippen LogP contribution in [0.5, 0.6) is 11.6 Å². The minimum absolute atomic E-state index is 0.134. The number of rotatable bonds is 5. The fraction of sp³-hybridized carbons (Fsp3) is 0.385. The number of ether oxygens (including phenoxy) is 3. The van der Waals surface area contributed by atoms with Gasteiger partial charge in [-0.2, -0.15) is 0 Å². The third-order valence-corrected chi connectivity index (χ3v) is 6.37. The molecule has 2 saturated heterocycles. The van der Waals surface area contributed by atoms with Crippen molar-refractivity contribution >= 4 is 16.7 Å². The van der Waals surface area contributed by atoms with Crippen molar-refractivity contribution in [1.29, 1.82) is 0 Å². The molecular weight excluding hydrogens is 404 g/mol. The molecule has 5 rings (SSSR count). The zero-order valence-electron chi connectivity index (χ0n) is 18.3. The minimum Gasteiger partial charge on any atom is -0.490 e. The molecule has 0 spiro atoms. The summed E-state index contributed by atoms with van der Waals surface area (Å²) in [5.41, 5.74) is 2.27. The molecule has 1 aromatic heterocycles. The summed E-state index contributed by atoms with van der Waals surface area (Å²) < 4.78 is 17.1. The molecule has 0 unspecified atom stereocenters. The number of hydrogen-bond donors (Lipinski definition) is 0. The highest BCUT2D eigenvalue weighted by atomic mass is 16.5. The van der Waals surface area contributed by atoms with Gasteiger partial charge in [-0.05, 0) is 59.7 Å². The van der Waals surface area contributed by atoms with E-state index in [0.29, 0.717) is 12.5 Å². The predicted molar refractivity (Wildman–Crippen MR) is 123 cm³/mol. The van der Waals surface area contributed by atoms with Gasteiger partial charge in [0, 0.05) is 44.1 Å². The Morgan fingerprint density at radius 2 is 1.81 bits per heavy atom. The molecule has 2 aliphatic heterocycles. The third-order valence-electron chi connectivity index (χ3n) is 6.37. The number of pyridine rings is 1. The number of fused-ring (bicyclic) bond motifs is 1. The van der Waals surface area contributed by atoms with E-state index in [4.69, 9.17) is 14.2 Å². The molecular formula is C26H28N2O4. The first-order chi connectivity index (χ1) is 15.7. The average Bonchev–Trinajstić information content (AvgIpc) is 3.39. The van der Waals surface area contributed by atoms with E-state index in [-0.39, 0.29) is 18.1 Å². The van der Waals surface area contributed by atoms with Crippen molar-refractivity contribution in [3.8, 4) is 22.8 Å². The average molecular weight is 433 g/mol. The lowest BCUT2D eigenvalue weighted by atomic mass is 10.0. The number of carbonyl (C=O) groups is 1. The van der Waals surface area contributed by atoms with Crippen molar-refractivity contribution in [3.63, 3.8) is 0 Å². The van der Waals surface area contributed by atoms with Crippen LogP contribution in [-0.2, 0) is 9.53 Å². The van der Waals surface area contributed by atoms with Gasteiger partial charge in [0.25, 0.3) is 5.91 Å². The minimum atomic E-state index is -0.229. The molecule has 0 N–H and O–H groups in total. The monoisotopic (exact) mass is 432 g/mol. The van der Waals surface area contributed by atoms with Gasteiger partial charge in [-0.15, -0.1) is 0 Å². The maximum Gasteiger partial charge on any atom is 0.251 e. The van der Waals surface area contributed by atoms with E-state index in [9.17, 15) is 4.79 Å². The Morgan fingerprint density at radius 3 is 2.53 bits per heavy atom. The van der Waals surface area contributed by atoms with E-state index in [0.717, 1.165) is 66.4 Å². The molecule has 3 heterocycles. The maximum atomic E-state index is 12.5. The van der Waals surface area contributed by atoms with Crippen molar-refractivity contribution in [2.45, 2.75) is 37.9 Å². The summed E-state index contributed by atoms with van der Waals surface area (Å²) in [5.74, 6) is 1.65. The van der Waals surface area contributed by atoms with E-state index in [1.165, 1.54) is 0 Å². The number of amides is 1. The Balaban J connectivity index is 1.20. The van der Waals surface area contributed by atoms with Gasteiger partial charge in [0.05, 0.1) is 7.11 Å². The summed E-state index contributed by atoms with van der Waals surface area (Å²) in [5, 5.41) is 2.10. The molecule has 2 aromatic carbocycles. The van der Waals surface area contributed by atoms with Crippen molar-refractivity contribution < 1.29 is 19.0 Å². The van der Waals surface area contributed by atoms with Crippen LogP contribution in [-0.4, -0.2) is 54.8 Å². The van der Waals surface area contributed by atoms with Crippen molar-refractivity contribution in [2.24, 2.45) is 0 Å². The molecule has 2 aliphatic rings. The number of hydrogen-bond acceptors (Lipinski definition) is 5. The quantitative estimate of drug-likeness (QED) is 0.596. The van der Waals surface area contributed by atoms with Gasteiger partial charge in [-0.1, -0.05) is 18.2 Å². The molecule has 0 radical (unpaired) electrons. The first kappa shape index (κ1) is 20.8. The highest BCUT2D eigenvalue weighted by Gasteiger charge is 2.31. The smallest absolute Gasteiger partial charge is 0.251 e. The largest absolute Gasteiger partial charge is 0.490 e. The van der Waals surface area contributed by atoms with Gasteiger partial charge in [0.1, 0.15) is 18.0 Å². The van der Waals surface area contributed by atoms with Crippen LogP contribution in [0.15, 0.2) is 54.7 Å². The van der Waals surface area contributed by atoms with Crippen molar-refractivity contribution in [1.82, 2.24) is 9.88 Å². The Bertz CT molecular complexity index is 1080. The number of carbonyl (C=O) groups excluding carboxylic acids is 1. The van der Waals surface area contributed by atoms with E-state index in [2.05, 4.69) is 29.2 Å². The van der Waals surface area contributed by atoms with E-state index in [1.54, 1.807) is 13.3 Å². The third kappa shape index (κ3) is 4.28. The second kappa shape index (κ2) is 9.17. The molecule has 0 bridgehead atoms. The normalized spacial score (nSPS) is 19.3. The highest BCUT2D eigenvalue weighted by molar-refractivity contribution is 5.90. The molecule has 0 saturated carbocycles. The summed E-state index contributed by atoms with van der Waals surface area (Å²) in [6.07, 6.45) is 5.20. The Hall–Kier alpha value is -3.12. The summed E-state index contributed by atoms with van der Waals surface area (Å²) in [6.45, 7) is 2.17. The standard InChI is InChI=1S/C26H28N2O4/c1-30-25-23-9-6-19(17-20(23)10-13-27-25)18-4-7-21(8-5-18)32-22-11-14-28(15-12-22)26(29)24-3-2-16-31-24/h4-10,13,17,22,24H,2-3,11-12,14-16H2,1H3/t24-/m1/s1. The topological polar surface area (TPSA) is 60.9 Å². The maximum absolute atomic E-state index is 12.5. The van der Waals surface area contributed by atoms with Gasteiger partial charge < -0.3 is 19.1 Å². The second-order valence-electron chi connectivity index (χ2n) is 8.42. The number of benzene rings is 2. The van der Waals surface area contributed by atoms with E-state index < -0.39 is 0 Å². The first-order valence-electron chi connectivity index (χ1n) is 11.3. The summed E-state index contributed by atoms with van der Waals surface area (Å²) in [6, 6.07) is 16.5. The van der Waals surface area contributed by atoms with Crippen molar-refractivity contribution in [2.75, 3.05) is 26.8 Å². The fourth-order valence-corrected chi connectivity index (χ4v) is 4.58. The molecule has 6 heteroatoms. The number of methoxy groups -OCH3 is 1. The molecule has 1 atom stereocenters. The molecule has 0 aliphatic carbocycles. The van der Waals surface area contributed by atoms with Crippen molar-refractivity contribution in [3.05, 3.63) is 54.7 Å². The number of aromatic nitrogens is 1. The zero-order chi connectivity index (χ0) is 21.9. The molecule has 6 nitrogen and oxygen atoms in total. The van der Waals surface area contributed by atoms with Crippen LogP contribution in [0.25, 0.3) is 21.9 Å². The predicted octanol–water partition coefficient (Wildman–Crippen LogP) is 4.46. The van der Waals surface area contributed by atoms with Gasteiger partial charge in [0.15, 0.2) is 0 Å². The Morgan fingerprint density at radius 1 is 1.03 bits per heavy atom. The molecule has 166 valence electrons. The zero-order valence-corrected chi connectivity index (χ0v) is 18.3. The van der Waals surface area contributed by atoms with Crippen LogP contribution < -0.4 is 9.47 Å². The fourth-order valence-electron chi connectivity index (χ4n) is 4.58. The van der Waals surface area contributed by atoms with E-state index in [1.807, 2.05) is 29.2 Å². The summed E-state index contributed by atoms with van der Waals surface area (Å²) >= 11 is 0. The SMILES string of the molecule is COc1nccc2cc(-c3ccc(OC4CCN(C(=O)[C@H]5CCCO5)CC4)cc3)ccc12. The number of piperidine rings is 1. The summed E-state index contributed by atoms with van der Waals surface area (Å²) in [4.78, 5) is 18.7. The lowest BCUT2D eigenvalue weighted by Gasteiger charge is -2.33. The molecule has 1 amide bonds. The highest BCUT2D eigenvalue weighted by Crippen LogP contribution is 2.30. The van der Waals surface area contributed by atoms with Crippen LogP contribution in [0.3, 0.4) is 0 Å². The first-order valence-corrected chi connectivity index (χ1v) is 11.3. The van der Waals surface area contributed by atoms with E-state index >= 15 is 0 Å². The number of nitrogens with zero attached hydrogens (tertiary/aromatic N) is 2.